The summed E-state index contributed by atoms with van der Waals surface area (Å²) in [6.07, 6.45) is 8.32. The summed E-state index contributed by atoms with van der Waals surface area (Å²) < 4.78 is 0. The van der Waals surface area contributed by atoms with Crippen molar-refractivity contribution >= 4 is 17.8 Å². The summed E-state index contributed by atoms with van der Waals surface area (Å²) in [5.74, 6) is 2.18. The largest absolute Gasteiger partial charge is 0.344 e. The van der Waals surface area contributed by atoms with Crippen molar-refractivity contribution in [3.8, 4) is 0 Å². The summed E-state index contributed by atoms with van der Waals surface area (Å²) in [5, 5.41) is 0. The molecule has 2 unspecified atom stereocenters. The molecule has 2 saturated carbocycles. The maximum Gasteiger partial charge on any atom is 0.328 e. The Kier molecular flexibility index (Phi) is 3.58. The van der Waals surface area contributed by atoms with E-state index >= 15 is 0 Å². The van der Waals surface area contributed by atoms with E-state index in [0.29, 0.717) is 11.8 Å². The lowest BCUT2D eigenvalue weighted by Crippen LogP contribution is -2.64. The highest BCUT2D eigenvalue weighted by Crippen LogP contribution is 2.38. The molecule has 1 saturated heterocycles. The molecule has 2 heterocycles. The van der Waals surface area contributed by atoms with Gasteiger partial charge < -0.3 is 9.80 Å². The summed E-state index contributed by atoms with van der Waals surface area (Å²) in [4.78, 5) is 35.1. The summed E-state index contributed by atoms with van der Waals surface area (Å²) >= 11 is 0. The molecule has 0 spiro atoms. The fourth-order valence-corrected chi connectivity index (χ4v) is 4.27. The van der Waals surface area contributed by atoms with Crippen molar-refractivity contribution in [1.29, 1.82) is 0 Å². The number of amides is 3. The Labute approximate surface area is 137 Å². The van der Waals surface area contributed by atoms with Gasteiger partial charge in [-0.2, -0.15) is 0 Å². The van der Waals surface area contributed by atoms with Gasteiger partial charge in [-0.15, -0.1) is 0 Å². The number of fused-ring (bicyclic) bond motifs is 1. The lowest BCUT2D eigenvalue weighted by molar-refractivity contribution is -0.136. The maximum absolute atomic E-state index is 12.8. The molecule has 0 aromatic carbocycles. The van der Waals surface area contributed by atoms with Crippen molar-refractivity contribution in [2.45, 2.75) is 57.2 Å². The molecule has 0 radical (unpaired) electrons. The monoisotopic (exact) mass is 318 g/mol. The Morgan fingerprint density at radius 1 is 1.04 bits per heavy atom. The Morgan fingerprint density at radius 2 is 1.74 bits per heavy atom. The first-order chi connectivity index (χ1) is 11.1. The van der Waals surface area contributed by atoms with Crippen molar-refractivity contribution < 1.29 is 9.59 Å². The average molecular weight is 318 g/mol. The minimum atomic E-state index is -0.332. The molecule has 23 heavy (non-hydrogen) atoms. The minimum Gasteiger partial charge on any atom is -0.344 e. The lowest BCUT2D eigenvalue weighted by Gasteiger charge is -2.40. The molecule has 4 aliphatic rings. The number of rotatable bonds is 3. The van der Waals surface area contributed by atoms with Crippen LogP contribution in [0.15, 0.2) is 4.99 Å². The summed E-state index contributed by atoms with van der Waals surface area (Å²) in [6, 6.07) is -0.545. The van der Waals surface area contributed by atoms with Crippen LogP contribution in [0, 0.1) is 11.8 Å². The molecule has 4 rings (SSSR count). The molecular formula is C17H26N4O2. The third-order valence-electron chi connectivity index (χ3n) is 5.87. The molecule has 3 fully saturated rings. The number of likely N-dealkylation sites (N-methyl/N-ethyl adjacent to an activating group) is 2. The van der Waals surface area contributed by atoms with Crippen molar-refractivity contribution in [3.63, 3.8) is 0 Å². The van der Waals surface area contributed by atoms with Crippen molar-refractivity contribution in [2.75, 3.05) is 20.6 Å². The quantitative estimate of drug-likeness (QED) is 0.799. The van der Waals surface area contributed by atoms with Crippen LogP contribution in [0.4, 0.5) is 4.79 Å². The molecule has 126 valence electrons. The van der Waals surface area contributed by atoms with E-state index in [1.807, 2.05) is 0 Å². The van der Waals surface area contributed by atoms with Crippen molar-refractivity contribution in [1.82, 2.24) is 14.7 Å². The first-order valence-corrected chi connectivity index (χ1v) is 8.96. The molecule has 3 amide bonds. The van der Waals surface area contributed by atoms with E-state index in [1.54, 1.807) is 19.0 Å². The van der Waals surface area contributed by atoms with Gasteiger partial charge in [0.15, 0.2) is 12.2 Å². The average Bonchev–Trinajstić information content (AvgIpc) is 3.31. The summed E-state index contributed by atoms with van der Waals surface area (Å²) in [5.41, 5.74) is 0. The number of hydrogen-bond acceptors (Lipinski definition) is 4. The van der Waals surface area contributed by atoms with Gasteiger partial charge in [-0.25, -0.2) is 9.79 Å². The number of carbonyl (C=O) groups is 2. The van der Waals surface area contributed by atoms with Crippen molar-refractivity contribution in [2.24, 2.45) is 16.8 Å². The standard InChI is InChI=1S/C17H26N4O2/c1-19-15-13(16(22)20(2)17(19)23)21(10-11-8-9-11)14(18-15)12-6-4-3-5-7-12/h11-13,15H,3-10H2,1-2H3. The first kappa shape index (κ1) is 15.0. The molecule has 0 aromatic rings. The normalized spacial score (nSPS) is 32.4. The van der Waals surface area contributed by atoms with Gasteiger partial charge in [-0.05, 0) is 31.6 Å². The zero-order valence-electron chi connectivity index (χ0n) is 14.1. The van der Waals surface area contributed by atoms with Gasteiger partial charge in [0.05, 0.1) is 0 Å². The van der Waals surface area contributed by atoms with Crippen LogP contribution in [0.3, 0.4) is 0 Å². The number of hydrogen-bond donors (Lipinski definition) is 0. The highest BCUT2D eigenvalue weighted by Gasteiger charge is 2.52. The number of amidine groups is 1. The SMILES string of the molecule is CN1C(=O)C2C(N=C(C3CCCCC3)N2CC2CC2)N(C)C1=O. The highest BCUT2D eigenvalue weighted by atomic mass is 16.2. The number of urea groups is 1. The van der Waals surface area contributed by atoms with Crippen LogP contribution in [0.2, 0.25) is 0 Å². The molecule has 6 nitrogen and oxygen atoms in total. The molecular weight excluding hydrogens is 292 g/mol. The van der Waals surface area contributed by atoms with E-state index in [0.717, 1.165) is 12.4 Å². The molecule has 0 aromatic heterocycles. The summed E-state index contributed by atoms with van der Waals surface area (Å²) in [7, 11) is 3.36. The van der Waals surface area contributed by atoms with E-state index in [9.17, 15) is 9.59 Å². The third-order valence-corrected chi connectivity index (χ3v) is 5.87. The maximum atomic E-state index is 12.8. The van der Waals surface area contributed by atoms with Gasteiger partial charge in [0.25, 0.3) is 5.91 Å². The van der Waals surface area contributed by atoms with Crippen LogP contribution in [0.1, 0.15) is 44.9 Å². The van der Waals surface area contributed by atoms with Crippen LogP contribution >= 0.6 is 0 Å². The minimum absolute atomic E-state index is 0.0895. The smallest absolute Gasteiger partial charge is 0.328 e. The number of imide groups is 1. The van der Waals surface area contributed by atoms with Gasteiger partial charge in [-0.3, -0.25) is 9.69 Å². The molecule has 2 aliphatic carbocycles. The molecule has 2 aliphatic heterocycles. The third kappa shape index (κ3) is 2.42. The van der Waals surface area contributed by atoms with E-state index < -0.39 is 0 Å². The first-order valence-electron chi connectivity index (χ1n) is 8.96. The highest BCUT2D eigenvalue weighted by molar-refractivity contribution is 6.04. The van der Waals surface area contributed by atoms with Crippen LogP contribution in [0.25, 0.3) is 0 Å². The second kappa shape index (κ2) is 5.49. The molecule has 0 N–H and O–H groups in total. The van der Waals surface area contributed by atoms with Crippen molar-refractivity contribution in [3.05, 3.63) is 0 Å². The number of nitrogens with zero attached hydrogens (tertiary/aromatic N) is 4. The van der Waals surface area contributed by atoms with Crippen LogP contribution in [0.5, 0.6) is 0 Å². The second-order valence-corrected chi connectivity index (χ2v) is 7.57. The Balaban J connectivity index is 1.66. The fourth-order valence-electron chi connectivity index (χ4n) is 4.27. The van der Waals surface area contributed by atoms with Crippen LogP contribution < -0.4 is 0 Å². The second-order valence-electron chi connectivity index (χ2n) is 7.57. The Morgan fingerprint density at radius 3 is 2.39 bits per heavy atom. The zero-order valence-corrected chi connectivity index (χ0v) is 14.1. The van der Waals surface area contributed by atoms with Gasteiger partial charge in [0.2, 0.25) is 0 Å². The summed E-state index contributed by atoms with van der Waals surface area (Å²) in [6.45, 7) is 0.929. The number of aliphatic imine (C=N–C) groups is 1. The van der Waals surface area contributed by atoms with Crippen LogP contribution in [-0.4, -0.2) is 65.3 Å². The predicted octanol–water partition coefficient (Wildman–Crippen LogP) is 1.91. The van der Waals surface area contributed by atoms with E-state index in [1.165, 1.54) is 49.8 Å². The fraction of sp³-hybridized carbons (Fsp3) is 0.824. The van der Waals surface area contributed by atoms with Gasteiger partial charge >= 0.3 is 6.03 Å². The topological polar surface area (TPSA) is 56.2 Å². The lowest BCUT2D eigenvalue weighted by atomic mass is 9.88. The van der Waals surface area contributed by atoms with E-state index in [2.05, 4.69) is 4.90 Å². The number of carbonyl (C=O) groups excluding carboxylic acids is 2. The Hall–Kier alpha value is -1.59. The van der Waals surface area contributed by atoms with Gasteiger partial charge in [0.1, 0.15) is 5.84 Å². The van der Waals surface area contributed by atoms with E-state index in [4.69, 9.17) is 4.99 Å². The van der Waals surface area contributed by atoms with Crippen LogP contribution in [-0.2, 0) is 4.79 Å². The molecule has 2 atom stereocenters. The van der Waals surface area contributed by atoms with E-state index in [-0.39, 0.29) is 24.1 Å². The predicted molar refractivity (Wildman–Crippen MR) is 86.9 cm³/mol. The van der Waals surface area contributed by atoms with Gasteiger partial charge in [0, 0.05) is 26.6 Å². The molecule has 0 bridgehead atoms. The van der Waals surface area contributed by atoms with Gasteiger partial charge in [-0.1, -0.05) is 19.3 Å². The molecule has 6 heteroatoms. The zero-order chi connectivity index (χ0) is 16.1. The Bertz CT molecular complexity index is 551.